The quantitative estimate of drug-likeness (QED) is 0.738. The minimum atomic E-state index is 0.770. The minimum Gasteiger partial charge on any atom is -0.313 e. The number of piperidine rings is 1. The molecule has 0 aromatic carbocycles. The predicted molar refractivity (Wildman–Crippen MR) is 60.5 cm³/mol. The van der Waals surface area contributed by atoms with E-state index in [-0.39, 0.29) is 0 Å². The Bertz CT molecular complexity index is 179. The van der Waals surface area contributed by atoms with Crippen molar-refractivity contribution in [1.29, 1.82) is 0 Å². The molecule has 82 valence electrons. The lowest BCUT2D eigenvalue weighted by atomic mass is 10.1. The molecule has 1 saturated carbocycles. The van der Waals surface area contributed by atoms with E-state index in [2.05, 4.69) is 24.1 Å². The molecule has 1 saturated heterocycles. The summed E-state index contributed by atoms with van der Waals surface area (Å²) in [7, 11) is 0. The van der Waals surface area contributed by atoms with E-state index in [0.29, 0.717) is 0 Å². The van der Waals surface area contributed by atoms with Gasteiger partial charge in [-0.2, -0.15) is 0 Å². The van der Waals surface area contributed by atoms with Gasteiger partial charge < -0.3 is 5.32 Å². The number of nitrogens with zero attached hydrogens (tertiary/aromatic N) is 1. The molecular formula is C12H24N2. The van der Waals surface area contributed by atoms with E-state index in [0.717, 1.165) is 24.5 Å². The summed E-state index contributed by atoms with van der Waals surface area (Å²) in [6, 6.07) is 1.72. The zero-order chi connectivity index (χ0) is 9.97. The smallest absolute Gasteiger partial charge is 0.0195 e. The van der Waals surface area contributed by atoms with Gasteiger partial charge in [0.05, 0.1) is 0 Å². The molecule has 0 aromatic rings. The van der Waals surface area contributed by atoms with E-state index < -0.39 is 0 Å². The molecule has 1 aliphatic heterocycles. The van der Waals surface area contributed by atoms with Crippen LogP contribution in [0.4, 0.5) is 0 Å². The van der Waals surface area contributed by atoms with Crippen molar-refractivity contribution in [3.05, 3.63) is 0 Å². The number of likely N-dealkylation sites (tertiary alicyclic amines) is 1. The van der Waals surface area contributed by atoms with Crippen LogP contribution in [0.15, 0.2) is 0 Å². The maximum Gasteiger partial charge on any atom is 0.0195 e. The van der Waals surface area contributed by atoms with Crippen LogP contribution < -0.4 is 5.32 Å². The number of hydrogen-bond donors (Lipinski definition) is 1. The SMILES string of the molecule is CCNC1CCCN(C2CC2CC)C1. The zero-order valence-electron chi connectivity index (χ0n) is 9.63. The van der Waals surface area contributed by atoms with Gasteiger partial charge in [0.15, 0.2) is 0 Å². The second-order valence-electron chi connectivity index (χ2n) is 4.86. The molecule has 1 heterocycles. The van der Waals surface area contributed by atoms with Gasteiger partial charge in [0, 0.05) is 18.6 Å². The highest BCUT2D eigenvalue weighted by Crippen LogP contribution is 2.39. The highest BCUT2D eigenvalue weighted by Gasteiger charge is 2.41. The highest BCUT2D eigenvalue weighted by molar-refractivity contribution is 4.96. The fourth-order valence-corrected chi connectivity index (χ4v) is 2.88. The Morgan fingerprint density at radius 2 is 2.21 bits per heavy atom. The largest absolute Gasteiger partial charge is 0.313 e. The second kappa shape index (κ2) is 4.63. The molecule has 0 bridgehead atoms. The molecule has 2 nitrogen and oxygen atoms in total. The van der Waals surface area contributed by atoms with Gasteiger partial charge in [-0.3, -0.25) is 4.90 Å². The Hall–Kier alpha value is -0.0800. The molecule has 0 radical (unpaired) electrons. The molecule has 2 fully saturated rings. The van der Waals surface area contributed by atoms with Gasteiger partial charge in [-0.15, -0.1) is 0 Å². The van der Waals surface area contributed by atoms with Gasteiger partial charge in [0.1, 0.15) is 0 Å². The van der Waals surface area contributed by atoms with Crippen molar-refractivity contribution in [2.75, 3.05) is 19.6 Å². The first-order valence-corrected chi connectivity index (χ1v) is 6.32. The molecule has 2 rings (SSSR count). The topological polar surface area (TPSA) is 15.3 Å². The molecule has 2 heteroatoms. The van der Waals surface area contributed by atoms with Crippen LogP contribution in [0.1, 0.15) is 39.5 Å². The Kier molecular flexibility index (Phi) is 3.45. The summed E-state index contributed by atoms with van der Waals surface area (Å²) >= 11 is 0. The van der Waals surface area contributed by atoms with Crippen LogP contribution in [-0.4, -0.2) is 36.6 Å². The summed E-state index contributed by atoms with van der Waals surface area (Å²) in [4.78, 5) is 2.73. The maximum atomic E-state index is 3.59. The summed E-state index contributed by atoms with van der Waals surface area (Å²) < 4.78 is 0. The number of hydrogen-bond acceptors (Lipinski definition) is 2. The summed E-state index contributed by atoms with van der Waals surface area (Å²) in [5.41, 5.74) is 0. The molecule has 14 heavy (non-hydrogen) atoms. The lowest BCUT2D eigenvalue weighted by Crippen LogP contribution is -2.46. The highest BCUT2D eigenvalue weighted by atomic mass is 15.2. The molecule has 3 atom stereocenters. The lowest BCUT2D eigenvalue weighted by molar-refractivity contribution is 0.176. The van der Waals surface area contributed by atoms with Crippen LogP contribution in [0, 0.1) is 5.92 Å². The Morgan fingerprint density at radius 3 is 2.86 bits per heavy atom. The molecule has 2 aliphatic rings. The monoisotopic (exact) mass is 196 g/mol. The van der Waals surface area contributed by atoms with Crippen LogP contribution in [0.5, 0.6) is 0 Å². The minimum absolute atomic E-state index is 0.770. The number of rotatable bonds is 4. The van der Waals surface area contributed by atoms with Crippen molar-refractivity contribution >= 4 is 0 Å². The van der Waals surface area contributed by atoms with Crippen molar-refractivity contribution in [1.82, 2.24) is 10.2 Å². The predicted octanol–water partition coefficient (Wildman–Crippen LogP) is 1.86. The van der Waals surface area contributed by atoms with Crippen molar-refractivity contribution < 1.29 is 0 Å². The normalized spacial score (nSPS) is 38.6. The Morgan fingerprint density at radius 1 is 1.36 bits per heavy atom. The fraction of sp³-hybridized carbons (Fsp3) is 1.00. The van der Waals surface area contributed by atoms with Crippen molar-refractivity contribution in [3.63, 3.8) is 0 Å². The van der Waals surface area contributed by atoms with Gasteiger partial charge in [-0.05, 0) is 38.3 Å². The lowest BCUT2D eigenvalue weighted by Gasteiger charge is -2.33. The van der Waals surface area contributed by atoms with E-state index in [4.69, 9.17) is 0 Å². The molecule has 0 aromatic heterocycles. The van der Waals surface area contributed by atoms with Crippen LogP contribution in [0.2, 0.25) is 0 Å². The maximum absolute atomic E-state index is 3.59. The van der Waals surface area contributed by atoms with Crippen molar-refractivity contribution in [3.8, 4) is 0 Å². The summed E-state index contributed by atoms with van der Waals surface area (Å²) in [5, 5.41) is 3.59. The van der Waals surface area contributed by atoms with Gasteiger partial charge in [-0.25, -0.2) is 0 Å². The van der Waals surface area contributed by atoms with E-state index >= 15 is 0 Å². The van der Waals surface area contributed by atoms with Gasteiger partial charge in [0.2, 0.25) is 0 Å². The van der Waals surface area contributed by atoms with Crippen LogP contribution in [0.25, 0.3) is 0 Å². The summed E-state index contributed by atoms with van der Waals surface area (Å²) in [6.45, 7) is 8.32. The molecule has 1 aliphatic carbocycles. The number of nitrogens with one attached hydrogen (secondary N) is 1. The Balaban J connectivity index is 1.77. The average molecular weight is 196 g/mol. The fourth-order valence-electron chi connectivity index (χ4n) is 2.88. The second-order valence-corrected chi connectivity index (χ2v) is 4.86. The van der Waals surface area contributed by atoms with Crippen molar-refractivity contribution in [2.24, 2.45) is 5.92 Å². The molecule has 0 amide bonds. The zero-order valence-corrected chi connectivity index (χ0v) is 9.63. The van der Waals surface area contributed by atoms with Crippen LogP contribution in [-0.2, 0) is 0 Å². The third-order valence-corrected chi connectivity index (χ3v) is 3.82. The first kappa shape index (κ1) is 10.4. The van der Waals surface area contributed by atoms with Gasteiger partial charge >= 0.3 is 0 Å². The van der Waals surface area contributed by atoms with E-state index in [1.54, 1.807) is 0 Å². The van der Waals surface area contributed by atoms with E-state index in [1.165, 1.54) is 38.8 Å². The molecule has 0 spiro atoms. The Labute approximate surface area is 88.1 Å². The van der Waals surface area contributed by atoms with Crippen LogP contribution >= 0.6 is 0 Å². The first-order chi connectivity index (χ1) is 6.85. The third-order valence-electron chi connectivity index (χ3n) is 3.82. The molecule has 1 N–H and O–H groups in total. The number of likely N-dealkylation sites (N-methyl/N-ethyl adjacent to an activating group) is 1. The van der Waals surface area contributed by atoms with Gasteiger partial charge in [-0.1, -0.05) is 20.3 Å². The summed E-state index contributed by atoms with van der Waals surface area (Å²) in [5.74, 6) is 1.02. The van der Waals surface area contributed by atoms with E-state index in [1.807, 2.05) is 0 Å². The standard InChI is InChI=1S/C12H24N2/c1-3-10-8-12(10)14-7-5-6-11(9-14)13-4-2/h10-13H,3-9H2,1-2H3. The molecular weight excluding hydrogens is 172 g/mol. The van der Waals surface area contributed by atoms with Crippen LogP contribution in [0.3, 0.4) is 0 Å². The van der Waals surface area contributed by atoms with Crippen molar-refractivity contribution in [2.45, 2.75) is 51.6 Å². The molecule has 3 unspecified atom stereocenters. The van der Waals surface area contributed by atoms with Gasteiger partial charge in [0.25, 0.3) is 0 Å². The third kappa shape index (κ3) is 2.29. The average Bonchev–Trinajstić information content (AvgIpc) is 2.98. The summed E-state index contributed by atoms with van der Waals surface area (Å²) in [6.07, 6.45) is 5.63. The first-order valence-electron chi connectivity index (χ1n) is 6.32. The van der Waals surface area contributed by atoms with E-state index in [9.17, 15) is 0 Å².